The molecule has 0 spiro atoms. The second kappa shape index (κ2) is 8.50. The predicted molar refractivity (Wildman–Crippen MR) is 97.8 cm³/mol. The molecular formula is C17H26F3N3O5S. The normalized spacial score (nSPS) is 16.9. The Balaban J connectivity index is 2.10. The summed E-state index contributed by atoms with van der Waals surface area (Å²) in [7, 11) is -3.70. The standard InChI is InChI=1S/C17H26F3N3O5S/c1-16(2,3)28-15(24)22-7-5-12(6-8-22)14-21-13(17(18,19)20)11-23(14)9-10-27-29(4,25)26/h11-12H,5-10H2,1-4H3. The second-order valence-corrected chi connectivity index (χ2v) is 9.59. The third-order valence-corrected chi connectivity index (χ3v) is 4.83. The highest BCUT2D eigenvalue weighted by atomic mass is 32.2. The Morgan fingerprint density at radius 2 is 1.83 bits per heavy atom. The van der Waals surface area contributed by atoms with Gasteiger partial charge >= 0.3 is 12.3 Å². The van der Waals surface area contributed by atoms with Crippen LogP contribution >= 0.6 is 0 Å². The van der Waals surface area contributed by atoms with E-state index in [1.54, 1.807) is 20.8 Å². The monoisotopic (exact) mass is 441 g/mol. The van der Waals surface area contributed by atoms with Gasteiger partial charge in [-0.3, -0.25) is 4.18 Å². The summed E-state index contributed by atoms with van der Waals surface area (Å²) in [5.74, 6) is -0.0960. The van der Waals surface area contributed by atoms with E-state index >= 15 is 0 Å². The fraction of sp³-hybridized carbons (Fsp3) is 0.765. The number of aromatic nitrogens is 2. The second-order valence-electron chi connectivity index (χ2n) is 7.94. The summed E-state index contributed by atoms with van der Waals surface area (Å²) in [6.07, 6.45) is -2.51. The zero-order valence-corrected chi connectivity index (χ0v) is 17.6. The first kappa shape index (κ1) is 23.5. The van der Waals surface area contributed by atoms with Gasteiger partial charge in [0.2, 0.25) is 0 Å². The number of hydrogen-bond acceptors (Lipinski definition) is 6. The number of carbonyl (C=O) groups is 1. The van der Waals surface area contributed by atoms with Crippen molar-refractivity contribution in [3.8, 4) is 0 Å². The first-order valence-corrected chi connectivity index (χ1v) is 10.9. The van der Waals surface area contributed by atoms with E-state index in [0.717, 1.165) is 12.5 Å². The van der Waals surface area contributed by atoms with Crippen LogP contribution in [0.4, 0.5) is 18.0 Å². The summed E-state index contributed by atoms with van der Waals surface area (Å²) in [4.78, 5) is 17.4. The van der Waals surface area contributed by atoms with Crippen LogP contribution in [0.15, 0.2) is 6.20 Å². The molecule has 8 nitrogen and oxygen atoms in total. The van der Waals surface area contributed by atoms with Crippen molar-refractivity contribution in [2.45, 2.75) is 57.9 Å². The molecule has 0 bridgehead atoms. The summed E-state index contributed by atoms with van der Waals surface area (Å²) < 4.78 is 72.8. The van der Waals surface area contributed by atoms with Gasteiger partial charge in [-0.05, 0) is 33.6 Å². The van der Waals surface area contributed by atoms with E-state index in [0.29, 0.717) is 25.9 Å². The van der Waals surface area contributed by atoms with Gasteiger partial charge in [0, 0.05) is 31.7 Å². The molecule has 0 aliphatic carbocycles. The van der Waals surface area contributed by atoms with Crippen LogP contribution in [0.25, 0.3) is 0 Å². The number of rotatable bonds is 5. The Bertz CT molecular complexity index is 822. The zero-order chi connectivity index (χ0) is 22.0. The van der Waals surface area contributed by atoms with Gasteiger partial charge in [0.1, 0.15) is 11.4 Å². The topological polar surface area (TPSA) is 90.7 Å². The summed E-state index contributed by atoms with van der Waals surface area (Å²) >= 11 is 0. The average molecular weight is 441 g/mol. The number of amides is 1. The molecule has 29 heavy (non-hydrogen) atoms. The Labute approximate surface area is 168 Å². The van der Waals surface area contributed by atoms with Crippen LogP contribution in [-0.4, -0.2) is 60.5 Å². The van der Waals surface area contributed by atoms with E-state index in [4.69, 9.17) is 4.74 Å². The van der Waals surface area contributed by atoms with E-state index < -0.39 is 33.7 Å². The van der Waals surface area contributed by atoms with Crippen LogP contribution in [0.5, 0.6) is 0 Å². The molecule has 0 aromatic carbocycles. The minimum absolute atomic E-state index is 0.0856. The number of alkyl halides is 3. The van der Waals surface area contributed by atoms with Crippen molar-refractivity contribution in [1.29, 1.82) is 0 Å². The lowest BCUT2D eigenvalue weighted by molar-refractivity contribution is -0.141. The van der Waals surface area contributed by atoms with E-state index in [1.165, 1.54) is 9.47 Å². The third-order valence-electron chi connectivity index (χ3n) is 4.24. The Morgan fingerprint density at radius 3 is 2.31 bits per heavy atom. The molecule has 166 valence electrons. The van der Waals surface area contributed by atoms with E-state index in [9.17, 15) is 26.4 Å². The maximum atomic E-state index is 13.1. The molecule has 1 aromatic rings. The highest BCUT2D eigenvalue weighted by Gasteiger charge is 2.37. The SMILES string of the molecule is CC(C)(C)OC(=O)N1CCC(c2nc(C(F)(F)F)cn2CCOS(C)(=O)=O)CC1. The molecule has 1 saturated heterocycles. The lowest BCUT2D eigenvalue weighted by atomic mass is 9.96. The first-order valence-electron chi connectivity index (χ1n) is 9.12. The van der Waals surface area contributed by atoms with Crippen LogP contribution in [0.3, 0.4) is 0 Å². The molecule has 1 aliphatic rings. The minimum atomic E-state index is -4.62. The Hall–Kier alpha value is -1.82. The van der Waals surface area contributed by atoms with Crippen LogP contribution in [-0.2, 0) is 31.8 Å². The van der Waals surface area contributed by atoms with Gasteiger partial charge < -0.3 is 14.2 Å². The Morgan fingerprint density at radius 1 is 1.24 bits per heavy atom. The number of nitrogens with zero attached hydrogens (tertiary/aromatic N) is 3. The quantitative estimate of drug-likeness (QED) is 0.653. The van der Waals surface area contributed by atoms with Crippen molar-refractivity contribution in [2.75, 3.05) is 26.0 Å². The van der Waals surface area contributed by atoms with Gasteiger partial charge in [0.25, 0.3) is 10.1 Å². The number of hydrogen-bond donors (Lipinski definition) is 0. The molecular weight excluding hydrogens is 415 g/mol. The smallest absolute Gasteiger partial charge is 0.434 e. The van der Waals surface area contributed by atoms with Crippen molar-refractivity contribution < 1.29 is 35.3 Å². The van der Waals surface area contributed by atoms with Gasteiger partial charge in [-0.1, -0.05) is 0 Å². The van der Waals surface area contributed by atoms with E-state index in [1.807, 2.05) is 0 Å². The summed E-state index contributed by atoms with van der Waals surface area (Å²) in [6.45, 7) is 5.54. The molecule has 1 aliphatic heterocycles. The maximum absolute atomic E-state index is 13.1. The van der Waals surface area contributed by atoms with Crippen LogP contribution < -0.4 is 0 Å². The fourth-order valence-electron chi connectivity index (χ4n) is 3.01. The predicted octanol–water partition coefficient (Wildman–Crippen LogP) is 2.99. The van der Waals surface area contributed by atoms with Crippen LogP contribution in [0.2, 0.25) is 0 Å². The number of piperidine rings is 1. The van der Waals surface area contributed by atoms with E-state index in [-0.39, 0.29) is 24.9 Å². The molecule has 0 N–H and O–H groups in total. The molecule has 1 amide bonds. The molecule has 0 unspecified atom stereocenters. The van der Waals surface area contributed by atoms with Crippen molar-refractivity contribution in [2.24, 2.45) is 0 Å². The van der Waals surface area contributed by atoms with Crippen molar-refractivity contribution in [1.82, 2.24) is 14.5 Å². The zero-order valence-electron chi connectivity index (χ0n) is 16.8. The summed E-state index contributed by atoms with van der Waals surface area (Å²) in [5, 5.41) is 0. The Kier molecular flexibility index (Phi) is 6.88. The largest absolute Gasteiger partial charge is 0.444 e. The van der Waals surface area contributed by atoms with Crippen molar-refractivity contribution in [3.05, 3.63) is 17.7 Å². The molecule has 1 aromatic heterocycles. The van der Waals surface area contributed by atoms with Gasteiger partial charge in [0.15, 0.2) is 5.69 Å². The highest BCUT2D eigenvalue weighted by Crippen LogP contribution is 2.33. The number of carbonyl (C=O) groups excluding carboxylic acids is 1. The average Bonchev–Trinajstić information content (AvgIpc) is 2.96. The molecule has 0 radical (unpaired) electrons. The molecule has 0 atom stereocenters. The van der Waals surface area contributed by atoms with Gasteiger partial charge in [-0.25, -0.2) is 9.78 Å². The highest BCUT2D eigenvalue weighted by molar-refractivity contribution is 7.85. The number of imidazole rings is 1. The van der Waals surface area contributed by atoms with Crippen LogP contribution in [0.1, 0.15) is 51.0 Å². The summed E-state index contributed by atoms with van der Waals surface area (Å²) in [5.41, 5.74) is -1.67. The third kappa shape index (κ3) is 7.18. The molecule has 1 fully saturated rings. The van der Waals surface area contributed by atoms with Crippen LogP contribution in [0, 0.1) is 0 Å². The lowest BCUT2D eigenvalue weighted by Crippen LogP contribution is -2.41. The molecule has 12 heteroatoms. The van der Waals surface area contributed by atoms with E-state index in [2.05, 4.69) is 9.17 Å². The molecule has 2 heterocycles. The number of likely N-dealkylation sites (tertiary alicyclic amines) is 1. The first-order chi connectivity index (χ1) is 13.2. The van der Waals surface area contributed by atoms with Gasteiger partial charge in [-0.15, -0.1) is 0 Å². The van der Waals surface area contributed by atoms with Crippen molar-refractivity contribution >= 4 is 16.2 Å². The summed E-state index contributed by atoms with van der Waals surface area (Å²) in [6, 6.07) is 0. The van der Waals surface area contributed by atoms with Crippen molar-refractivity contribution in [3.63, 3.8) is 0 Å². The molecule has 0 saturated carbocycles. The maximum Gasteiger partial charge on any atom is 0.434 e. The fourth-order valence-corrected chi connectivity index (χ4v) is 3.38. The number of halogens is 3. The minimum Gasteiger partial charge on any atom is -0.444 e. The lowest BCUT2D eigenvalue weighted by Gasteiger charge is -2.33. The molecule has 2 rings (SSSR count). The van der Waals surface area contributed by atoms with Gasteiger partial charge in [-0.2, -0.15) is 21.6 Å². The van der Waals surface area contributed by atoms with Gasteiger partial charge in [0.05, 0.1) is 12.9 Å². The number of ether oxygens (including phenoxy) is 1.